The maximum atomic E-state index is 6.12. The fourth-order valence-electron chi connectivity index (χ4n) is 2.93. The molecule has 1 aromatic rings. The van der Waals surface area contributed by atoms with Crippen LogP contribution in [0.3, 0.4) is 0 Å². The highest BCUT2D eigenvalue weighted by atomic mass is 127. The molecule has 1 unspecified atom stereocenters. The number of guanidine groups is 1. The van der Waals surface area contributed by atoms with Crippen LogP contribution >= 0.6 is 58.9 Å². The van der Waals surface area contributed by atoms with Crippen molar-refractivity contribution in [2.45, 2.75) is 37.5 Å². The second-order valence-electron chi connectivity index (χ2n) is 6.19. The van der Waals surface area contributed by atoms with E-state index in [9.17, 15) is 0 Å². The molecule has 0 spiro atoms. The van der Waals surface area contributed by atoms with Crippen LogP contribution in [0.1, 0.15) is 38.3 Å². The molecule has 4 nitrogen and oxygen atoms in total. The maximum Gasteiger partial charge on any atom is 0.191 e. The van der Waals surface area contributed by atoms with E-state index >= 15 is 0 Å². The Labute approximate surface area is 188 Å². The van der Waals surface area contributed by atoms with Gasteiger partial charge in [0.15, 0.2) is 5.96 Å². The van der Waals surface area contributed by atoms with Gasteiger partial charge in [-0.15, -0.1) is 24.0 Å². The van der Waals surface area contributed by atoms with Gasteiger partial charge in [-0.1, -0.05) is 36.2 Å². The predicted octanol–water partition coefficient (Wildman–Crippen LogP) is 5.14. The molecule has 1 heterocycles. The van der Waals surface area contributed by atoms with Crippen LogP contribution < -0.4 is 10.6 Å². The average Bonchev–Trinajstić information content (AvgIpc) is 2.62. The molecule has 0 aliphatic carbocycles. The molecule has 0 aromatic heterocycles. The Morgan fingerprint density at radius 1 is 1.31 bits per heavy atom. The van der Waals surface area contributed by atoms with E-state index in [1.807, 2.05) is 30.0 Å². The van der Waals surface area contributed by atoms with Crippen LogP contribution in [-0.4, -0.2) is 43.3 Å². The zero-order valence-electron chi connectivity index (χ0n) is 15.5. The van der Waals surface area contributed by atoms with Crippen LogP contribution in [0.2, 0.25) is 10.0 Å². The Kier molecular flexibility index (Phi) is 11.0. The number of halogens is 3. The van der Waals surface area contributed by atoms with Gasteiger partial charge in [-0.2, -0.15) is 11.8 Å². The van der Waals surface area contributed by atoms with E-state index in [4.69, 9.17) is 27.9 Å². The summed E-state index contributed by atoms with van der Waals surface area (Å²) in [6.45, 7) is 6.84. The van der Waals surface area contributed by atoms with Gasteiger partial charge in [0.1, 0.15) is 0 Å². The summed E-state index contributed by atoms with van der Waals surface area (Å²) in [5, 5.41) is 8.05. The van der Waals surface area contributed by atoms with Crippen LogP contribution in [-0.2, 0) is 4.74 Å². The number of hydrogen-bond donors (Lipinski definition) is 2. The first-order valence-corrected chi connectivity index (χ1v) is 10.4. The molecule has 26 heavy (non-hydrogen) atoms. The van der Waals surface area contributed by atoms with Gasteiger partial charge in [-0.3, -0.25) is 4.99 Å². The second kappa shape index (κ2) is 11.8. The highest BCUT2D eigenvalue weighted by Gasteiger charge is 2.32. The molecular weight excluding hydrogens is 504 g/mol. The van der Waals surface area contributed by atoms with Crippen molar-refractivity contribution in [3.8, 4) is 0 Å². The fraction of sp³-hybridized carbons (Fsp3) is 0.611. The summed E-state index contributed by atoms with van der Waals surface area (Å²) in [6, 6.07) is 5.77. The highest BCUT2D eigenvalue weighted by Crippen LogP contribution is 2.34. The molecule has 0 amide bonds. The van der Waals surface area contributed by atoms with E-state index in [2.05, 4.69) is 29.5 Å². The number of thioether (sulfide) groups is 1. The number of rotatable bonds is 6. The van der Waals surface area contributed by atoms with Gasteiger partial charge in [0.05, 0.1) is 16.1 Å². The minimum atomic E-state index is 0. The Balaban J connectivity index is 0.00000338. The minimum absolute atomic E-state index is 0. The van der Waals surface area contributed by atoms with Gasteiger partial charge in [-0.25, -0.2) is 0 Å². The monoisotopic (exact) mass is 531 g/mol. The highest BCUT2D eigenvalue weighted by molar-refractivity contribution is 14.0. The normalized spacial score (nSPS) is 18.0. The van der Waals surface area contributed by atoms with E-state index in [-0.39, 0.29) is 34.8 Å². The Bertz CT molecular complexity index is 592. The van der Waals surface area contributed by atoms with Crippen molar-refractivity contribution in [2.75, 3.05) is 32.6 Å². The maximum absolute atomic E-state index is 6.12. The van der Waals surface area contributed by atoms with E-state index < -0.39 is 0 Å². The molecule has 2 rings (SSSR count). The van der Waals surface area contributed by atoms with Crippen molar-refractivity contribution >= 4 is 64.9 Å². The summed E-state index contributed by atoms with van der Waals surface area (Å²) < 4.78 is 5.76. The van der Waals surface area contributed by atoms with E-state index in [1.54, 1.807) is 7.05 Å². The molecule has 0 radical (unpaired) electrons. The zero-order chi connectivity index (χ0) is 18.3. The first kappa shape index (κ1) is 24.1. The van der Waals surface area contributed by atoms with Crippen molar-refractivity contribution in [2.24, 2.45) is 4.99 Å². The van der Waals surface area contributed by atoms with Crippen LogP contribution in [0, 0.1) is 0 Å². The number of ether oxygens (including phenoxy) is 1. The van der Waals surface area contributed by atoms with Gasteiger partial charge in [0.2, 0.25) is 0 Å². The smallest absolute Gasteiger partial charge is 0.191 e. The van der Waals surface area contributed by atoms with Crippen molar-refractivity contribution in [3.05, 3.63) is 33.8 Å². The van der Waals surface area contributed by atoms with Crippen molar-refractivity contribution in [1.29, 1.82) is 0 Å². The molecule has 1 aliphatic rings. The number of nitrogens with zero attached hydrogens (tertiary/aromatic N) is 1. The third-order valence-electron chi connectivity index (χ3n) is 4.45. The molecule has 0 saturated carbocycles. The summed E-state index contributed by atoms with van der Waals surface area (Å²) >= 11 is 14.1. The third kappa shape index (κ3) is 6.93. The molecule has 1 aromatic carbocycles. The lowest BCUT2D eigenvalue weighted by atomic mass is 9.99. The van der Waals surface area contributed by atoms with Crippen molar-refractivity contribution in [1.82, 2.24) is 10.6 Å². The largest absolute Gasteiger partial charge is 0.381 e. The van der Waals surface area contributed by atoms with Crippen LogP contribution in [0.4, 0.5) is 0 Å². The lowest BCUT2D eigenvalue weighted by Crippen LogP contribution is -2.48. The minimum Gasteiger partial charge on any atom is -0.381 e. The third-order valence-corrected chi connectivity index (χ3v) is 6.65. The topological polar surface area (TPSA) is 45.7 Å². The SMILES string of the molecule is CCSC1(CNC(=NC)NC(C)c2ccc(Cl)c(Cl)c2)CCOCC1.I. The molecule has 8 heteroatoms. The summed E-state index contributed by atoms with van der Waals surface area (Å²) in [5.74, 6) is 1.90. The fourth-order valence-corrected chi connectivity index (χ4v) is 4.48. The lowest BCUT2D eigenvalue weighted by Gasteiger charge is -2.37. The molecule has 1 atom stereocenters. The van der Waals surface area contributed by atoms with Crippen molar-refractivity contribution in [3.63, 3.8) is 0 Å². The second-order valence-corrected chi connectivity index (χ2v) is 8.74. The summed E-state index contributed by atoms with van der Waals surface area (Å²) in [5.41, 5.74) is 1.07. The number of nitrogens with one attached hydrogen (secondary N) is 2. The van der Waals surface area contributed by atoms with Crippen LogP contribution in [0.25, 0.3) is 0 Å². The summed E-state index contributed by atoms with van der Waals surface area (Å²) in [4.78, 5) is 4.36. The molecule has 148 valence electrons. The molecule has 2 N–H and O–H groups in total. The van der Waals surface area contributed by atoms with E-state index in [0.29, 0.717) is 10.0 Å². The first-order valence-electron chi connectivity index (χ1n) is 8.63. The van der Waals surface area contributed by atoms with E-state index in [0.717, 1.165) is 49.9 Å². The Hall–Kier alpha value is 0.110. The number of aliphatic imine (C=N–C) groups is 1. The van der Waals surface area contributed by atoms with Crippen molar-refractivity contribution < 1.29 is 4.74 Å². The summed E-state index contributed by atoms with van der Waals surface area (Å²) in [6.07, 6.45) is 2.13. The first-order chi connectivity index (χ1) is 12.0. The van der Waals surface area contributed by atoms with Gasteiger partial charge in [-0.05, 0) is 43.2 Å². The Morgan fingerprint density at radius 2 is 2.00 bits per heavy atom. The molecule has 1 fully saturated rings. The van der Waals surface area contributed by atoms with Crippen LogP contribution in [0.15, 0.2) is 23.2 Å². The molecule has 1 aliphatic heterocycles. The van der Waals surface area contributed by atoms with Gasteiger partial charge >= 0.3 is 0 Å². The van der Waals surface area contributed by atoms with Crippen LogP contribution in [0.5, 0.6) is 0 Å². The molecule has 1 saturated heterocycles. The van der Waals surface area contributed by atoms with Gasteiger partial charge in [0.25, 0.3) is 0 Å². The Morgan fingerprint density at radius 3 is 2.58 bits per heavy atom. The standard InChI is InChI=1S/C18H27Cl2N3OS.HI/c1-4-25-18(7-9-24-10-8-18)12-22-17(21-3)23-13(2)14-5-6-15(19)16(20)11-14;/h5-6,11,13H,4,7-10,12H2,1-3H3,(H2,21,22,23);1H. The number of hydrogen-bond acceptors (Lipinski definition) is 3. The van der Waals surface area contributed by atoms with Gasteiger partial charge < -0.3 is 15.4 Å². The zero-order valence-corrected chi connectivity index (χ0v) is 20.1. The molecular formula is C18H28Cl2IN3OS. The van der Waals surface area contributed by atoms with E-state index in [1.165, 1.54) is 0 Å². The van der Waals surface area contributed by atoms with Gasteiger partial charge in [0, 0.05) is 31.6 Å². The summed E-state index contributed by atoms with van der Waals surface area (Å²) in [7, 11) is 1.79. The molecule has 0 bridgehead atoms. The predicted molar refractivity (Wildman–Crippen MR) is 126 cm³/mol. The number of benzene rings is 1. The quantitative estimate of drug-likeness (QED) is 0.303. The lowest BCUT2D eigenvalue weighted by molar-refractivity contribution is 0.0782. The average molecular weight is 532 g/mol.